The van der Waals surface area contributed by atoms with Crippen molar-refractivity contribution in [2.45, 2.75) is 12.6 Å². The number of benzene rings is 1. The summed E-state index contributed by atoms with van der Waals surface area (Å²) in [4.78, 5) is 10.5. The largest absolute Gasteiger partial charge is 0.465 e. The normalized spacial score (nSPS) is 13.0. The van der Waals surface area contributed by atoms with Crippen molar-refractivity contribution in [1.82, 2.24) is 5.32 Å². The van der Waals surface area contributed by atoms with Gasteiger partial charge in [-0.15, -0.1) is 0 Å². The van der Waals surface area contributed by atoms with Gasteiger partial charge in [-0.3, -0.25) is 0 Å². The molecule has 0 aromatic heterocycles. The Balaban J connectivity index is 2.45. The lowest BCUT2D eigenvalue weighted by molar-refractivity contribution is 0.109. The summed E-state index contributed by atoms with van der Waals surface area (Å²) in [6, 6.07) is 8.50. The number of carboxylic acid groups (broad SMARTS) is 1. The van der Waals surface area contributed by atoms with Crippen LogP contribution in [0, 0.1) is 0 Å². The molecule has 1 aromatic rings. The molecule has 0 spiro atoms. The summed E-state index contributed by atoms with van der Waals surface area (Å²) in [6.07, 6.45) is -1.27. The molecule has 7 nitrogen and oxygen atoms in total. The van der Waals surface area contributed by atoms with Crippen LogP contribution in [-0.4, -0.2) is 34.9 Å². The quantitative estimate of drug-likeness (QED) is 0.256. The average Bonchev–Trinajstić information content (AvgIpc) is 2.37. The Hall–Kier alpha value is -2.28. The highest BCUT2D eigenvalue weighted by Gasteiger charge is 2.16. The zero-order valence-corrected chi connectivity index (χ0v) is 9.61. The van der Waals surface area contributed by atoms with Gasteiger partial charge in [0.1, 0.15) is 6.04 Å². The molecule has 1 atom stereocenters. The summed E-state index contributed by atoms with van der Waals surface area (Å²) in [6.45, 7) is 0.300. The fraction of sp³-hybridized carbons (Fsp3) is 0.273. The van der Waals surface area contributed by atoms with E-state index in [2.05, 4.69) is 10.5 Å². The molecule has 1 rings (SSSR count). The summed E-state index contributed by atoms with van der Waals surface area (Å²) in [5.74, 6) is -0.245. The number of rotatable bonds is 6. The van der Waals surface area contributed by atoms with Crippen LogP contribution in [0.2, 0.25) is 0 Å². The minimum atomic E-state index is -1.27. The van der Waals surface area contributed by atoms with Crippen molar-refractivity contribution < 1.29 is 19.8 Å². The predicted molar refractivity (Wildman–Crippen MR) is 64.5 cm³/mol. The molecule has 0 aliphatic carbocycles. The SMILES string of the molecule is N/C(=N/O)C(COCc1ccccc1)NC(=O)O. The Morgan fingerprint density at radius 2 is 2.11 bits per heavy atom. The lowest BCUT2D eigenvalue weighted by Crippen LogP contribution is -2.47. The van der Waals surface area contributed by atoms with E-state index in [9.17, 15) is 4.79 Å². The molecule has 0 fully saturated rings. The monoisotopic (exact) mass is 253 g/mol. The molecule has 18 heavy (non-hydrogen) atoms. The highest BCUT2D eigenvalue weighted by molar-refractivity contribution is 5.88. The van der Waals surface area contributed by atoms with Crippen molar-refractivity contribution in [3.8, 4) is 0 Å². The summed E-state index contributed by atoms with van der Waals surface area (Å²) in [5.41, 5.74) is 6.29. The smallest absolute Gasteiger partial charge is 0.405 e. The van der Waals surface area contributed by atoms with E-state index in [4.69, 9.17) is 20.8 Å². The first-order valence-corrected chi connectivity index (χ1v) is 5.22. The van der Waals surface area contributed by atoms with E-state index in [1.165, 1.54) is 0 Å². The summed E-state index contributed by atoms with van der Waals surface area (Å²) in [7, 11) is 0. The Morgan fingerprint density at radius 1 is 1.44 bits per heavy atom. The number of nitrogens with one attached hydrogen (secondary N) is 1. The van der Waals surface area contributed by atoms with Crippen molar-refractivity contribution in [2.75, 3.05) is 6.61 Å². The number of amides is 1. The van der Waals surface area contributed by atoms with Gasteiger partial charge in [-0.25, -0.2) is 4.79 Å². The summed E-state index contributed by atoms with van der Waals surface area (Å²) in [5, 5.41) is 21.9. The molecule has 7 heteroatoms. The molecule has 0 saturated heterocycles. The van der Waals surface area contributed by atoms with Gasteiger partial charge < -0.3 is 26.1 Å². The molecular formula is C11H15N3O4. The second-order valence-corrected chi connectivity index (χ2v) is 3.53. The molecule has 0 radical (unpaired) electrons. The number of ether oxygens (including phenoxy) is 1. The third-order valence-corrected chi connectivity index (χ3v) is 2.17. The summed E-state index contributed by atoms with van der Waals surface area (Å²) >= 11 is 0. The number of hydrogen-bond acceptors (Lipinski definition) is 4. The third-order valence-electron chi connectivity index (χ3n) is 2.17. The van der Waals surface area contributed by atoms with Crippen LogP contribution in [0.1, 0.15) is 5.56 Å². The van der Waals surface area contributed by atoms with Crippen LogP contribution in [0.15, 0.2) is 35.5 Å². The van der Waals surface area contributed by atoms with Crippen LogP contribution in [-0.2, 0) is 11.3 Å². The second kappa shape index (κ2) is 7.13. The van der Waals surface area contributed by atoms with Gasteiger partial charge in [0.05, 0.1) is 13.2 Å². The van der Waals surface area contributed by atoms with E-state index >= 15 is 0 Å². The Morgan fingerprint density at radius 3 is 2.67 bits per heavy atom. The lowest BCUT2D eigenvalue weighted by Gasteiger charge is -2.15. The van der Waals surface area contributed by atoms with Crippen LogP contribution >= 0.6 is 0 Å². The predicted octanol–water partition coefficient (Wildman–Crippen LogP) is 0.586. The van der Waals surface area contributed by atoms with Gasteiger partial charge >= 0.3 is 6.09 Å². The third kappa shape index (κ3) is 4.71. The fourth-order valence-corrected chi connectivity index (χ4v) is 1.29. The molecule has 0 heterocycles. The van der Waals surface area contributed by atoms with E-state index in [1.807, 2.05) is 30.3 Å². The lowest BCUT2D eigenvalue weighted by atomic mass is 10.2. The van der Waals surface area contributed by atoms with Crippen LogP contribution in [0.4, 0.5) is 4.79 Å². The minimum Gasteiger partial charge on any atom is -0.465 e. The number of carbonyl (C=O) groups is 1. The summed E-state index contributed by atoms with van der Waals surface area (Å²) < 4.78 is 5.31. The van der Waals surface area contributed by atoms with Crippen molar-refractivity contribution in [2.24, 2.45) is 10.9 Å². The highest BCUT2D eigenvalue weighted by Crippen LogP contribution is 2.01. The van der Waals surface area contributed by atoms with Gasteiger partial charge in [-0.05, 0) is 5.56 Å². The van der Waals surface area contributed by atoms with Crippen molar-refractivity contribution in [1.29, 1.82) is 0 Å². The van der Waals surface area contributed by atoms with Crippen LogP contribution in [0.5, 0.6) is 0 Å². The first-order chi connectivity index (χ1) is 8.63. The van der Waals surface area contributed by atoms with Gasteiger partial charge in [0, 0.05) is 0 Å². The molecule has 0 aliphatic rings. The molecule has 0 aliphatic heterocycles. The van der Waals surface area contributed by atoms with Crippen LogP contribution in [0.25, 0.3) is 0 Å². The standard InChI is InChI=1S/C11H15N3O4/c12-10(14-17)9(13-11(15)16)7-18-6-8-4-2-1-3-5-8/h1-5,9,13,17H,6-7H2,(H2,12,14)(H,15,16). The number of oxime groups is 1. The van der Waals surface area contributed by atoms with Crippen LogP contribution < -0.4 is 11.1 Å². The zero-order valence-electron chi connectivity index (χ0n) is 9.61. The second-order valence-electron chi connectivity index (χ2n) is 3.53. The van der Waals surface area contributed by atoms with E-state index in [0.29, 0.717) is 6.61 Å². The van der Waals surface area contributed by atoms with Crippen molar-refractivity contribution in [3.63, 3.8) is 0 Å². The topological polar surface area (TPSA) is 117 Å². The van der Waals surface area contributed by atoms with Gasteiger partial charge in [-0.1, -0.05) is 35.5 Å². The maximum Gasteiger partial charge on any atom is 0.405 e. The number of hydrogen-bond donors (Lipinski definition) is 4. The van der Waals surface area contributed by atoms with Gasteiger partial charge in [-0.2, -0.15) is 0 Å². The number of nitrogens with two attached hydrogens (primary N) is 1. The average molecular weight is 253 g/mol. The molecular weight excluding hydrogens is 238 g/mol. The van der Waals surface area contributed by atoms with Gasteiger partial charge in [0.2, 0.25) is 0 Å². The maximum absolute atomic E-state index is 10.5. The molecule has 0 bridgehead atoms. The fourth-order valence-electron chi connectivity index (χ4n) is 1.29. The first-order valence-electron chi connectivity index (χ1n) is 5.22. The van der Waals surface area contributed by atoms with E-state index in [-0.39, 0.29) is 12.4 Å². The Labute approximate surface area is 104 Å². The Kier molecular flexibility index (Phi) is 5.46. The van der Waals surface area contributed by atoms with E-state index in [1.54, 1.807) is 0 Å². The molecule has 1 unspecified atom stereocenters. The highest BCUT2D eigenvalue weighted by atomic mass is 16.5. The van der Waals surface area contributed by atoms with Crippen LogP contribution in [0.3, 0.4) is 0 Å². The molecule has 98 valence electrons. The van der Waals surface area contributed by atoms with E-state index < -0.39 is 12.1 Å². The van der Waals surface area contributed by atoms with Crippen molar-refractivity contribution >= 4 is 11.9 Å². The number of amidine groups is 1. The molecule has 1 amide bonds. The zero-order chi connectivity index (χ0) is 13.4. The Bertz CT molecular complexity index is 408. The maximum atomic E-state index is 10.5. The first kappa shape index (κ1) is 13.8. The number of nitrogens with zero attached hydrogens (tertiary/aromatic N) is 1. The van der Waals surface area contributed by atoms with Gasteiger partial charge in [0.15, 0.2) is 5.84 Å². The molecule has 0 saturated carbocycles. The minimum absolute atomic E-state index is 0.0168. The molecule has 1 aromatic carbocycles. The van der Waals surface area contributed by atoms with Gasteiger partial charge in [0.25, 0.3) is 0 Å². The van der Waals surface area contributed by atoms with E-state index in [0.717, 1.165) is 5.56 Å². The van der Waals surface area contributed by atoms with Crippen molar-refractivity contribution in [3.05, 3.63) is 35.9 Å². The molecule has 5 N–H and O–H groups in total.